The molecule has 1 aromatic heterocycles. The summed E-state index contributed by atoms with van der Waals surface area (Å²) in [5.41, 5.74) is 1.53. The van der Waals surface area contributed by atoms with Crippen molar-refractivity contribution in [3.05, 3.63) is 60.4 Å². The molecule has 0 unspecified atom stereocenters. The molecule has 2 aromatic carbocycles. The second-order valence-electron chi connectivity index (χ2n) is 5.63. The summed E-state index contributed by atoms with van der Waals surface area (Å²) >= 11 is 0. The number of imidazole rings is 1. The zero-order valence-corrected chi connectivity index (χ0v) is 15.7. The highest BCUT2D eigenvalue weighted by molar-refractivity contribution is 7.90. The van der Waals surface area contributed by atoms with Crippen molar-refractivity contribution in [3.63, 3.8) is 0 Å². The first-order valence-corrected chi connectivity index (χ1v) is 9.58. The first-order valence-electron chi connectivity index (χ1n) is 8.14. The van der Waals surface area contributed by atoms with Gasteiger partial charge in [0.15, 0.2) is 17.3 Å². The van der Waals surface area contributed by atoms with Crippen molar-refractivity contribution in [1.82, 2.24) is 8.96 Å². The Bertz CT molecular complexity index is 1010. The van der Waals surface area contributed by atoms with E-state index in [4.69, 9.17) is 9.47 Å². The van der Waals surface area contributed by atoms with Crippen LogP contribution in [0.15, 0.2) is 59.8 Å². The number of methoxy groups -OCH3 is 1. The molecule has 0 aliphatic carbocycles. The zero-order chi connectivity index (χ0) is 18.7. The summed E-state index contributed by atoms with van der Waals surface area (Å²) in [7, 11) is -2.27. The maximum atomic E-state index is 13.1. The Morgan fingerprint density at radius 3 is 2.50 bits per heavy atom. The van der Waals surface area contributed by atoms with Crippen LogP contribution in [0.4, 0.5) is 0 Å². The Morgan fingerprint density at radius 2 is 1.85 bits per heavy atom. The predicted molar refractivity (Wildman–Crippen MR) is 99.1 cm³/mol. The fourth-order valence-electron chi connectivity index (χ4n) is 2.67. The summed E-state index contributed by atoms with van der Waals surface area (Å²) in [4.78, 5) is 4.45. The molecule has 0 spiro atoms. The van der Waals surface area contributed by atoms with Crippen molar-refractivity contribution >= 4 is 10.0 Å². The fourth-order valence-corrected chi connectivity index (χ4v) is 3.96. The molecule has 0 fully saturated rings. The molecule has 6 nitrogen and oxygen atoms in total. The summed E-state index contributed by atoms with van der Waals surface area (Å²) in [5, 5.41) is 0. The van der Waals surface area contributed by atoms with Gasteiger partial charge in [0.2, 0.25) is 0 Å². The number of ether oxygens (including phenoxy) is 2. The quantitative estimate of drug-likeness (QED) is 0.662. The van der Waals surface area contributed by atoms with E-state index in [2.05, 4.69) is 4.98 Å². The van der Waals surface area contributed by atoms with Crippen molar-refractivity contribution in [3.8, 4) is 22.9 Å². The summed E-state index contributed by atoms with van der Waals surface area (Å²) < 4.78 is 38.3. The van der Waals surface area contributed by atoms with Crippen LogP contribution in [0.3, 0.4) is 0 Å². The standard InChI is InChI=1S/C19H20N2O4S/c1-4-25-17-7-5-6-16(18(17)24-3)19-20-12-13-21(19)26(22,23)15-10-8-14(2)9-11-15/h5-13H,4H2,1-3H3. The van der Waals surface area contributed by atoms with Gasteiger partial charge in [-0.3, -0.25) is 0 Å². The SMILES string of the molecule is CCOc1cccc(-c2nccn2S(=O)(=O)c2ccc(C)cc2)c1OC. The minimum Gasteiger partial charge on any atom is -0.492 e. The number of hydrogen-bond acceptors (Lipinski definition) is 5. The van der Waals surface area contributed by atoms with Crippen LogP contribution >= 0.6 is 0 Å². The van der Waals surface area contributed by atoms with Crippen LogP contribution in [-0.4, -0.2) is 31.1 Å². The molecule has 0 radical (unpaired) electrons. The monoisotopic (exact) mass is 372 g/mol. The molecule has 0 atom stereocenters. The fraction of sp³-hybridized carbons (Fsp3) is 0.211. The van der Waals surface area contributed by atoms with Crippen LogP contribution in [0.1, 0.15) is 12.5 Å². The molecule has 7 heteroatoms. The van der Waals surface area contributed by atoms with E-state index in [1.165, 1.54) is 19.5 Å². The van der Waals surface area contributed by atoms with Crippen molar-refractivity contribution in [2.75, 3.05) is 13.7 Å². The summed E-state index contributed by atoms with van der Waals surface area (Å²) in [6, 6.07) is 12.0. The largest absolute Gasteiger partial charge is 0.492 e. The highest BCUT2D eigenvalue weighted by Gasteiger charge is 2.24. The summed E-state index contributed by atoms with van der Waals surface area (Å²) in [5.74, 6) is 1.25. The van der Waals surface area contributed by atoms with Crippen LogP contribution in [0.25, 0.3) is 11.4 Å². The van der Waals surface area contributed by atoms with Gasteiger partial charge in [0.1, 0.15) is 0 Å². The molecule has 26 heavy (non-hydrogen) atoms. The normalized spacial score (nSPS) is 11.3. The molecule has 0 aliphatic heterocycles. The minimum absolute atomic E-state index is 0.197. The van der Waals surface area contributed by atoms with Crippen molar-refractivity contribution < 1.29 is 17.9 Å². The third kappa shape index (κ3) is 3.17. The molecule has 0 saturated carbocycles. The number of aryl methyl sites for hydroxylation is 1. The number of benzene rings is 2. The smallest absolute Gasteiger partial charge is 0.269 e. The van der Waals surface area contributed by atoms with E-state index in [0.29, 0.717) is 23.7 Å². The lowest BCUT2D eigenvalue weighted by Crippen LogP contribution is -2.14. The van der Waals surface area contributed by atoms with Gasteiger partial charge in [0.05, 0.1) is 24.2 Å². The first kappa shape index (κ1) is 18.0. The lowest BCUT2D eigenvalue weighted by molar-refractivity contribution is 0.311. The maximum Gasteiger partial charge on any atom is 0.269 e. The topological polar surface area (TPSA) is 70.4 Å². The average molecular weight is 372 g/mol. The van der Waals surface area contributed by atoms with Gasteiger partial charge < -0.3 is 9.47 Å². The van der Waals surface area contributed by atoms with Crippen LogP contribution in [0.2, 0.25) is 0 Å². The highest BCUT2D eigenvalue weighted by atomic mass is 32.2. The van der Waals surface area contributed by atoms with Gasteiger partial charge in [-0.2, -0.15) is 0 Å². The van der Waals surface area contributed by atoms with Gasteiger partial charge >= 0.3 is 0 Å². The molecule has 0 amide bonds. The van der Waals surface area contributed by atoms with E-state index in [0.717, 1.165) is 9.54 Å². The van der Waals surface area contributed by atoms with Gasteiger partial charge in [-0.15, -0.1) is 0 Å². The zero-order valence-electron chi connectivity index (χ0n) is 14.8. The first-order chi connectivity index (χ1) is 12.5. The van der Waals surface area contributed by atoms with E-state index in [1.54, 1.807) is 42.5 Å². The molecule has 3 aromatic rings. The van der Waals surface area contributed by atoms with Gasteiger partial charge in [0.25, 0.3) is 10.0 Å². The van der Waals surface area contributed by atoms with E-state index in [9.17, 15) is 8.42 Å². The number of para-hydroxylation sites is 1. The lowest BCUT2D eigenvalue weighted by Gasteiger charge is -2.15. The van der Waals surface area contributed by atoms with Gasteiger partial charge in [-0.05, 0) is 38.1 Å². The Morgan fingerprint density at radius 1 is 1.12 bits per heavy atom. The van der Waals surface area contributed by atoms with Crippen LogP contribution in [0, 0.1) is 6.92 Å². The molecule has 0 bridgehead atoms. The number of hydrogen-bond donors (Lipinski definition) is 0. The average Bonchev–Trinajstić information content (AvgIpc) is 3.12. The Labute approximate surface area is 153 Å². The minimum atomic E-state index is -3.78. The predicted octanol–water partition coefficient (Wildman–Crippen LogP) is 3.50. The molecule has 1 heterocycles. The van der Waals surface area contributed by atoms with Crippen molar-refractivity contribution in [2.45, 2.75) is 18.7 Å². The second kappa shape index (κ2) is 7.21. The Kier molecular flexibility index (Phi) is 4.99. The van der Waals surface area contributed by atoms with Crippen LogP contribution in [-0.2, 0) is 10.0 Å². The molecular formula is C19H20N2O4S. The van der Waals surface area contributed by atoms with E-state index in [1.807, 2.05) is 13.8 Å². The summed E-state index contributed by atoms with van der Waals surface area (Å²) in [6.45, 7) is 4.24. The van der Waals surface area contributed by atoms with Gasteiger partial charge in [0, 0.05) is 12.4 Å². The molecule has 0 N–H and O–H groups in total. The lowest BCUT2D eigenvalue weighted by atomic mass is 10.1. The Hall–Kier alpha value is -2.80. The van der Waals surface area contributed by atoms with E-state index < -0.39 is 10.0 Å². The molecular weight excluding hydrogens is 352 g/mol. The molecule has 0 aliphatic rings. The Balaban J connectivity index is 2.16. The van der Waals surface area contributed by atoms with Crippen LogP contribution in [0.5, 0.6) is 11.5 Å². The molecule has 0 saturated heterocycles. The molecule has 3 rings (SSSR count). The van der Waals surface area contributed by atoms with Crippen LogP contribution < -0.4 is 9.47 Å². The third-order valence-corrected chi connectivity index (χ3v) is 5.59. The third-order valence-electron chi connectivity index (χ3n) is 3.91. The van der Waals surface area contributed by atoms with E-state index >= 15 is 0 Å². The second-order valence-corrected chi connectivity index (χ2v) is 7.45. The number of nitrogens with zero attached hydrogens (tertiary/aromatic N) is 2. The van der Waals surface area contributed by atoms with Crippen molar-refractivity contribution in [1.29, 1.82) is 0 Å². The highest BCUT2D eigenvalue weighted by Crippen LogP contribution is 2.38. The van der Waals surface area contributed by atoms with E-state index in [-0.39, 0.29) is 10.7 Å². The van der Waals surface area contributed by atoms with Crippen molar-refractivity contribution in [2.24, 2.45) is 0 Å². The number of rotatable bonds is 6. The van der Waals surface area contributed by atoms with Gasteiger partial charge in [-0.25, -0.2) is 17.4 Å². The summed E-state index contributed by atoms with van der Waals surface area (Å²) in [6.07, 6.45) is 2.88. The molecule has 136 valence electrons. The number of aromatic nitrogens is 2. The van der Waals surface area contributed by atoms with Gasteiger partial charge in [-0.1, -0.05) is 23.8 Å². The maximum absolute atomic E-state index is 13.1.